The molecule has 0 aliphatic heterocycles. The number of carbonyl (C=O) groups is 1. The van der Waals surface area contributed by atoms with Crippen LogP contribution in [0.15, 0.2) is 18.2 Å². The van der Waals surface area contributed by atoms with Crippen molar-refractivity contribution in [3.8, 4) is 0 Å². The van der Waals surface area contributed by atoms with Gasteiger partial charge in [-0.15, -0.1) is 0 Å². The van der Waals surface area contributed by atoms with Crippen LogP contribution in [0.1, 0.15) is 56.2 Å². The van der Waals surface area contributed by atoms with Gasteiger partial charge in [0.25, 0.3) is 0 Å². The van der Waals surface area contributed by atoms with E-state index in [1.807, 2.05) is 18.2 Å². The van der Waals surface area contributed by atoms with E-state index in [1.54, 1.807) is 0 Å². The molecule has 100 valence electrons. The van der Waals surface area contributed by atoms with Gasteiger partial charge in [-0.1, -0.05) is 37.6 Å². The highest BCUT2D eigenvalue weighted by Gasteiger charge is 2.12. The maximum atomic E-state index is 10.5. The maximum absolute atomic E-state index is 10.5. The third-order valence-corrected chi connectivity index (χ3v) is 3.59. The van der Waals surface area contributed by atoms with E-state index in [0.717, 1.165) is 17.5 Å². The number of rotatable bonds is 6. The van der Waals surface area contributed by atoms with Gasteiger partial charge in [-0.25, -0.2) is 0 Å². The summed E-state index contributed by atoms with van der Waals surface area (Å²) in [5.41, 5.74) is 7.96. The maximum Gasteiger partial charge on any atom is 0.303 e. The third kappa shape index (κ3) is 4.00. The lowest BCUT2D eigenvalue weighted by Crippen LogP contribution is -2.12. The minimum absolute atomic E-state index is 0.0753. The predicted molar refractivity (Wildman–Crippen MR) is 74.0 cm³/mol. The molecule has 0 bridgehead atoms. The molecule has 18 heavy (non-hydrogen) atoms. The van der Waals surface area contributed by atoms with Gasteiger partial charge in [0.1, 0.15) is 0 Å². The Labute approximate surface area is 113 Å². The van der Waals surface area contributed by atoms with E-state index in [2.05, 4.69) is 13.8 Å². The standard InChI is InChI=1S/C14H20ClNO2/c1-3-9(2)11-5-4-10(8-12(11)15)13(16)6-7-14(17)18/h4-5,8-9,13H,3,6-7,16H2,1-2H3,(H,17,18). The Kier molecular flexibility index (Phi) is 5.63. The summed E-state index contributed by atoms with van der Waals surface area (Å²) in [5, 5.41) is 9.35. The monoisotopic (exact) mass is 269 g/mol. The van der Waals surface area contributed by atoms with Crippen molar-refractivity contribution in [2.24, 2.45) is 5.73 Å². The summed E-state index contributed by atoms with van der Waals surface area (Å²) in [6.07, 6.45) is 1.53. The Morgan fingerprint density at radius 1 is 1.50 bits per heavy atom. The quantitative estimate of drug-likeness (QED) is 0.827. The van der Waals surface area contributed by atoms with Gasteiger partial charge in [0.05, 0.1) is 0 Å². The zero-order valence-electron chi connectivity index (χ0n) is 10.8. The molecule has 0 aliphatic carbocycles. The van der Waals surface area contributed by atoms with Crippen LogP contribution in [0.25, 0.3) is 0 Å². The smallest absolute Gasteiger partial charge is 0.303 e. The molecule has 1 aromatic carbocycles. The van der Waals surface area contributed by atoms with E-state index in [0.29, 0.717) is 17.4 Å². The van der Waals surface area contributed by atoms with Crippen LogP contribution in [0.4, 0.5) is 0 Å². The lowest BCUT2D eigenvalue weighted by Gasteiger charge is -2.15. The van der Waals surface area contributed by atoms with Crippen LogP contribution in [0.2, 0.25) is 5.02 Å². The Morgan fingerprint density at radius 3 is 2.67 bits per heavy atom. The number of nitrogens with two attached hydrogens (primary N) is 1. The van der Waals surface area contributed by atoms with Crippen molar-refractivity contribution in [3.63, 3.8) is 0 Å². The molecule has 1 aromatic rings. The zero-order chi connectivity index (χ0) is 13.7. The minimum Gasteiger partial charge on any atom is -0.481 e. The first kappa shape index (κ1) is 15.0. The lowest BCUT2D eigenvalue weighted by molar-refractivity contribution is -0.137. The van der Waals surface area contributed by atoms with Gasteiger partial charge >= 0.3 is 5.97 Å². The fourth-order valence-corrected chi connectivity index (χ4v) is 2.21. The normalized spacial score (nSPS) is 14.2. The number of carboxylic acid groups (broad SMARTS) is 1. The van der Waals surface area contributed by atoms with Crippen LogP contribution in [0.5, 0.6) is 0 Å². The SMILES string of the molecule is CCC(C)c1ccc(C(N)CCC(=O)O)cc1Cl. The molecule has 4 heteroatoms. The highest BCUT2D eigenvalue weighted by atomic mass is 35.5. The molecule has 0 heterocycles. The van der Waals surface area contributed by atoms with Crippen molar-refractivity contribution in [2.75, 3.05) is 0 Å². The second-order valence-electron chi connectivity index (χ2n) is 4.63. The Hall–Kier alpha value is -1.06. The van der Waals surface area contributed by atoms with Gasteiger partial charge in [0.2, 0.25) is 0 Å². The van der Waals surface area contributed by atoms with E-state index in [1.165, 1.54) is 0 Å². The summed E-state index contributed by atoms with van der Waals surface area (Å²) in [7, 11) is 0. The van der Waals surface area contributed by atoms with E-state index < -0.39 is 5.97 Å². The topological polar surface area (TPSA) is 63.3 Å². The average molecular weight is 270 g/mol. The molecule has 2 atom stereocenters. The first-order valence-corrected chi connectivity index (χ1v) is 6.60. The molecule has 0 fully saturated rings. The van der Waals surface area contributed by atoms with Crippen molar-refractivity contribution in [3.05, 3.63) is 34.3 Å². The molecule has 3 N–H and O–H groups in total. The van der Waals surface area contributed by atoms with Crippen molar-refractivity contribution in [1.82, 2.24) is 0 Å². The molecule has 0 aromatic heterocycles. The van der Waals surface area contributed by atoms with E-state index in [4.69, 9.17) is 22.4 Å². The molecule has 0 spiro atoms. The highest BCUT2D eigenvalue weighted by molar-refractivity contribution is 6.31. The number of aliphatic carboxylic acids is 1. The molecule has 2 unspecified atom stereocenters. The number of benzene rings is 1. The van der Waals surface area contributed by atoms with Crippen LogP contribution in [0.3, 0.4) is 0 Å². The van der Waals surface area contributed by atoms with Crippen molar-refractivity contribution in [2.45, 2.75) is 45.1 Å². The summed E-state index contributed by atoms with van der Waals surface area (Å²) in [4.78, 5) is 10.5. The summed E-state index contributed by atoms with van der Waals surface area (Å²) in [5.74, 6) is -0.408. The number of hydrogen-bond acceptors (Lipinski definition) is 2. The summed E-state index contributed by atoms with van der Waals surface area (Å²) in [6, 6.07) is 5.52. The first-order valence-electron chi connectivity index (χ1n) is 6.22. The van der Waals surface area contributed by atoms with Gasteiger partial charge in [-0.05, 0) is 36.0 Å². The summed E-state index contributed by atoms with van der Waals surface area (Å²) < 4.78 is 0. The lowest BCUT2D eigenvalue weighted by atomic mass is 9.95. The first-order chi connectivity index (χ1) is 8.45. The number of halogens is 1. The van der Waals surface area contributed by atoms with Crippen molar-refractivity contribution < 1.29 is 9.90 Å². The molecule has 0 saturated heterocycles. The van der Waals surface area contributed by atoms with Gasteiger partial charge < -0.3 is 10.8 Å². The minimum atomic E-state index is -0.826. The molecule has 0 aliphatic rings. The third-order valence-electron chi connectivity index (χ3n) is 3.27. The van der Waals surface area contributed by atoms with E-state index in [-0.39, 0.29) is 12.5 Å². The van der Waals surface area contributed by atoms with Crippen LogP contribution in [-0.2, 0) is 4.79 Å². The van der Waals surface area contributed by atoms with Crippen LogP contribution < -0.4 is 5.73 Å². The molecule has 0 saturated carbocycles. The second kappa shape index (κ2) is 6.76. The molecule has 0 amide bonds. The van der Waals surface area contributed by atoms with Gasteiger partial charge in [-0.2, -0.15) is 0 Å². The van der Waals surface area contributed by atoms with Crippen LogP contribution >= 0.6 is 11.6 Å². The zero-order valence-corrected chi connectivity index (χ0v) is 11.6. The van der Waals surface area contributed by atoms with Gasteiger partial charge in [0.15, 0.2) is 0 Å². The highest BCUT2D eigenvalue weighted by Crippen LogP contribution is 2.29. The fourth-order valence-electron chi connectivity index (χ4n) is 1.84. The number of carboxylic acids is 1. The van der Waals surface area contributed by atoms with E-state index >= 15 is 0 Å². The van der Waals surface area contributed by atoms with Crippen molar-refractivity contribution >= 4 is 17.6 Å². The van der Waals surface area contributed by atoms with Crippen LogP contribution in [0, 0.1) is 0 Å². The second-order valence-corrected chi connectivity index (χ2v) is 5.04. The van der Waals surface area contributed by atoms with Crippen LogP contribution in [-0.4, -0.2) is 11.1 Å². The summed E-state index contributed by atoms with van der Waals surface area (Å²) in [6.45, 7) is 4.25. The molecule has 3 nitrogen and oxygen atoms in total. The van der Waals surface area contributed by atoms with Gasteiger partial charge in [-0.3, -0.25) is 4.79 Å². The fraction of sp³-hybridized carbons (Fsp3) is 0.500. The molecular weight excluding hydrogens is 250 g/mol. The Morgan fingerprint density at radius 2 is 2.17 bits per heavy atom. The Bertz CT molecular complexity index is 420. The van der Waals surface area contributed by atoms with E-state index in [9.17, 15) is 4.79 Å². The average Bonchev–Trinajstić information content (AvgIpc) is 2.34. The predicted octanol–water partition coefficient (Wildman–Crippen LogP) is 3.72. The van der Waals surface area contributed by atoms with Gasteiger partial charge in [0, 0.05) is 17.5 Å². The summed E-state index contributed by atoms with van der Waals surface area (Å²) >= 11 is 6.24. The molecular formula is C14H20ClNO2. The number of hydrogen-bond donors (Lipinski definition) is 2. The van der Waals surface area contributed by atoms with Crippen molar-refractivity contribution in [1.29, 1.82) is 0 Å². The Balaban J connectivity index is 2.80. The molecule has 1 rings (SSSR count). The molecule has 0 radical (unpaired) electrons. The largest absolute Gasteiger partial charge is 0.481 e.